The molecule has 12 unspecified atom stereocenters. The van der Waals surface area contributed by atoms with Gasteiger partial charge in [-0.3, -0.25) is 58.8 Å². The summed E-state index contributed by atoms with van der Waals surface area (Å²) in [6.45, 7) is 50.9. The quantitative estimate of drug-likeness (QED) is 0.0363. The highest BCUT2D eigenvalue weighted by atomic mass is 16.3. The fraction of sp³-hybridized carbons (Fsp3) is 0.918. The van der Waals surface area contributed by atoms with Crippen LogP contribution in [0.15, 0.2) is 34.9 Å². The maximum Gasteiger partial charge on any atom is 0.154 e. The predicted molar refractivity (Wildman–Crippen MR) is 401 cm³/mol. The third-order valence-electron chi connectivity index (χ3n) is 25.5. The van der Waals surface area contributed by atoms with Gasteiger partial charge >= 0.3 is 0 Å². The van der Waals surface area contributed by atoms with Crippen LogP contribution in [0.4, 0.5) is 0 Å². The van der Waals surface area contributed by atoms with E-state index in [1.807, 2.05) is 0 Å². The number of fused-ring (bicyclic) bond motifs is 5. The van der Waals surface area contributed by atoms with E-state index in [0.29, 0.717) is 111 Å². The van der Waals surface area contributed by atoms with Crippen molar-refractivity contribution in [3.63, 3.8) is 0 Å². The molecule has 11 rings (SSSR count). The number of aliphatic hydroxyl groups excluding tert-OH is 8. The molecule has 8 N–H and O–H groups in total. The molecule has 2 spiro atoms. The Bertz CT molecular complexity index is 2820. The van der Waals surface area contributed by atoms with Crippen LogP contribution in [0.25, 0.3) is 0 Å². The molecule has 6 saturated heterocycles. The highest BCUT2D eigenvalue weighted by molar-refractivity contribution is 5.38. The van der Waals surface area contributed by atoms with E-state index < -0.39 is 11.3 Å². The average molecular weight is 1460 g/mol. The zero-order valence-electron chi connectivity index (χ0n) is 66.2. The SMILES string of the molecule is CCCN1CCN(CC)C2C1N(CCC)C1C(N2CC)N(CC)C2C(N1CCC)N(CCO)C1C(N2CC)N(CC)C2C(N(CCO)CC3(CN(CCO)C4=C(N(CC)C5=C(N(CCO)CC6(CN(CCO)C7=C(N(CC)CCN7CCO)N6CC)N5CC)N4CCO)N3CC)N2CC)N1CCO. The van der Waals surface area contributed by atoms with Crippen LogP contribution in [0.2, 0.25) is 0 Å². The summed E-state index contributed by atoms with van der Waals surface area (Å²) >= 11 is 0. The summed E-state index contributed by atoms with van der Waals surface area (Å²) in [5.41, 5.74) is -1.61. The second-order valence-corrected chi connectivity index (χ2v) is 30.0. The molecule has 0 aromatic carbocycles. The number of rotatable bonds is 33. The number of piperazine rings is 6. The Morgan fingerprint density at radius 3 is 1.07 bits per heavy atom. The molecule has 0 saturated carbocycles. The van der Waals surface area contributed by atoms with Gasteiger partial charge in [0.15, 0.2) is 28.9 Å². The van der Waals surface area contributed by atoms with Crippen molar-refractivity contribution in [1.29, 1.82) is 0 Å². The van der Waals surface area contributed by atoms with Crippen molar-refractivity contribution in [3.05, 3.63) is 34.9 Å². The minimum Gasteiger partial charge on any atom is -0.395 e. The molecule has 103 heavy (non-hydrogen) atoms. The van der Waals surface area contributed by atoms with E-state index in [1.165, 1.54) is 0 Å². The third kappa shape index (κ3) is 13.0. The fourth-order valence-electron chi connectivity index (χ4n) is 22.4. The Morgan fingerprint density at radius 1 is 0.243 bits per heavy atom. The van der Waals surface area contributed by atoms with Gasteiger partial charge in [0.05, 0.1) is 134 Å². The van der Waals surface area contributed by atoms with E-state index >= 15 is 0 Å². The highest BCUT2D eigenvalue weighted by Gasteiger charge is 2.71. The maximum absolute atomic E-state index is 11.9. The first-order valence-electron chi connectivity index (χ1n) is 41.0. The zero-order valence-corrected chi connectivity index (χ0v) is 66.2. The largest absolute Gasteiger partial charge is 0.395 e. The van der Waals surface area contributed by atoms with Crippen molar-refractivity contribution >= 4 is 0 Å². The van der Waals surface area contributed by atoms with E-state index in [-0.39, 0.29) is 121 Å². The minimum atomic E-state index is -0.842. The van der Waals surface area contributed by atoms with Gasteiger partial charge in [-0.25, -0.2) is 0 Å². The molecular weight excluding hydrogens is 1310 g/mol. The van der Waals surface area contributed by atoms with Crippen LogP contribution in [0.1, 0.15) is 116 Å². The molecule has 11 aliphatic rings. The van der Waals surface area contributed by atoms with Gasteiger partial charge in [-0.2, -0.15) is 0 Å². The van der Waals surface area contributed by atoms with E-state index in [2.05, 4.69) is 205 Å². The Hall–Kier alpha value is -3.58. The molecule has 6 fully saturated rings. The van der Waals surface area contributed by atoms with Gasteiger partial charge in [-0.05, 0) is 99.7 Å². The summed E-state index contributed by atoms with van der Waals surface area (Å²) < 4.78 is 0. The summed E-state index contributed by atoms with van der Waals surface area (Å²) in [4.78, 5) is 58.0. The number of hydrogen-bond acceptors (Lipinski definition) is 30. The van der Waals surface area contributed by atoms with E-state index in [4.69, 9.17) is 0 Å². The second-order valence-electron chi connectivity index (χ2n) is 30.0. The van der Waals surface area contributed by atoms with E-state index in [9.17, 15) is 40.9 Å². The lowest BCUT2D eigenvalue weighted by atomic mass is 9.88. The fourth-order valence-corrected chi connectivity index (χ4v) is 22.4. The van der Waals surface area contributed by atoms with Gasteiger partial charge in [0.25, 0.3) is 0 Å². The van der Waals surface area contributed by atoms with Crippen molar-refractivity contribution in [1.82, 2.24) is 108 Å². The Kier molecular flexibility index (Phi) is 27.3. The standard InChI is InChI=1S/C73H142N22O8/c1-15-29-76-34-32-74(18-4)57-58(76)87(30-16-2)66-63(82(57)20-6)83(21-7)64-67(88(66)31-17-3)91(43-51-103)68-65(84(64)22-8)85(23-9)69-61(90(68)42-50-102)81(40-48-100)55-73(93(69)26-12)54-80(39-47-99)60-71(95(73)28-14)86(24-10)70-59(89(60)41-49-101)79(38-46-98)53-72(94(70)27-13)52-78(37-45-97)56-62(92(72)25-11)75(19-5)33-35-77(56)36-44-96/h57-58,61,63-69,96-103H,15-55H2,1-14H3. The lowest BCUT2D eigenvalue weighted by Gasteiger charge is -2.76. The van der Waals surface area contributed by atoms with Gasteiger partial charge in [-0.15, -0.1) is 0 Å². The van der Waals surface area contributed by atoms with Crippen molar-refractivity contribution in [2.24, 2.45) is 0 Å². The molecule has 0 bridgehead atoms. The molecule has 592 valence electrons. The van der Waals surface area contributed by atoms with Crippen molar-refractivity contribution in [2.45, 2.75) is 189 Å². The lowest BCUT2D eigenvalue weighted by Crippen LogP contribution is -2.95. The van der Waals surface area contributed by atoms with Crippen LogP contribution in [-0.2, 0) is 0 Å². The maximum atomic E-state index is 11.9. The highest BCUT2D eigenvalue weighted by Crippen LogP contribution is 2.55. The van der Waals surface area contributed by atoms with E-state index in [1.54, 1.807) is 0 Å². The number of hydrogen-bond donors (Lipinski definition) is 8. The first-order valence-corrected chi connectivity index (χ1v) is 41.0. The Labute approximate surface area is 619 Å². The summed E-state index contributed by atoms with van der Waals surface area (Å²) in [5, 5.41) is 92.1. The molecule has 0 aliphatic carbocycles. The molecule has 11 aliphatic heterocycles. The van der Waals surface area contributed by atoms with Crippen LogP contribution in [0.5, 0.6) is 0 Å². The molecule has 0 aromatic heterocycles. The van der Waals surface area contributed by atoms with Gasteiger partial charge in [0.2, 0.25) is 0 Å². The van der Waals surface area contributed by atoms with Gasteiger partial charge in [0.1, 0.15) is 17.3 Å². The smallest absolute Gasteiger partial charge is 0.154 e. The summed E-state index contributed by atoms with van der Waals surface area (Å²) in [5.74, 6) is 5.82. The average Bonchev–Trinajstić information content (AvgIpc) is 0.680. The first kappa shape index (κ1) is 80.4. The van der Waals surface area contributed by atoms with Crippen LogP contribution in [0.3, 0.4) is 0 Å². The lowest BCUT2D eigenvalue weighted by molar-refractivity contribution is -0.360. The topological polar surface area (TPSA) is 233 Å². The Morgan fingerprint density at radius 2 is 0.621 bits per heavy atom. The van der Waals surface area contributed by atoms with Crippen LogP contribution >= 0.6 is 0 Å². The molecule has 12 atom stereocenters. The second kappa shape index (κ2) is 35.0. The molecule has 0 radical (unpaired) electrons. The normalized spacial score (nSPS) is 32.4. The monoisotopic (exact) mass is 1460 g/mol. The molecule has 11 heterocycles. The van der Waals surface area contributed by atoms with Crippen molar-refractivity contribution in [3.8, 4) is 0 Å². The number of aliphatic hydroxyl groups is 8. The van der Waals surface area contributed by atoms with Gasteiger partial charge in [0, 0.05) is 131 Å². The molecule has 0 amide bonds. The van der Waals surface area contributed by atoms with Crippen LogP contribution < -0.4 is 0 Å². The first-order chi connectivity index (χ1) is 50.2. The summed E-state index contributed by atoms with van der Waals surface area (Å²) in [6.07, 6.45) is 2.11. The molecular formula is C73H142N22O8. The van der Waals surface area contributed by atoms with Crippen molar-refractivity contribution in [2.75, 3.05) is 249 Å². The third-order valence-corrected chi connectivity index (χ3v) is 25.5. The van der Waals surface area contributed by atoms with Gasteiger partial charge < -0.3 is 89.9 Å². The van der Waals surface area contributed by atoms with Gasteiger partial charge in [-0.1, -0.05) is 62.3 Å². The summed E-state index contributed by atoms with van der Waals surface area (Å²) in [7, 11) is 0. The predicted octanol–water partition coefficient (Wildman–Crippen LogP) is -1.80. The zero-order chi connectivity index (χ0) is 73.9. The van der Waals surface area contributed by atoms with E-state index in [0.717, 1.165) is 133 Å². The number of likely N-dealkylation sites (N-methyl/N-ethyl adjacent to an activating group) is 10. The molecule has 30 nitrogen and oxygen atoms in total. The van der Waals surface area contributed by atoms with Crippen molar-refractivity contribution < 1.29 is 40.9 Å². The number of β-amino-alcohol motifs (C(OH)–C–C–N with tert-alkyl or cyclic N) is 8. The Balaban J connectivity index is 1.10. The van der Waals surface area contributed by atoms with Crippen LogP contribution in [0, 0.1) is 0 Å². The van der Waals surface area contributed by atoms with Crippen LogP contribution in [-0.4, -0.2) is 471 Å². The summed E-state index contributed by atoms with van der Waals surface area (Å²) in [6, 6.07) is 0. The minimum absolute atomic E-state index is 0.000187. The molecule has 30 heteroatoms. The molecule has 0 aromatic rings. The number of nitrogens with zero attached hydrogens (tertiary/aromatic N) is 22.